The molecule has 0 aliphatic heterocycles. The van der Waals surface area contributed by atoms with E-state index < -0.39 is 0 Å². The van der Waals surface area contributed by atoms with Crippen LogP contribution < -0.4 is 0 Å². The van der Waals surface area contributed by atoms with E-state index >= 15 is 0 Å². The molecule has 2 heteroatoms. The van der Waals surface area contributed by atoms with E-state index in [1.54, 1.807) is 0 Å². The van der Waals surface area contributed by atoms with Gasteiger partial charge in [-0.3, -0.25) is 4.79 Å². The van der Waals surface area contributed by atoms with E-state index in [2.05, 4.69) is 29.2 Å². The molecule has 110 valence electrons. The lowest BCUT2D eigenvalue weighted by atomic mass is 9.74. The predicted molar refractivity (Wildman–Crippen MR) is 83.9 cm³/mol. The summed E-state index contributed by atoms with van der Waals surface area (Å²) in [6, 6.07) is 10.4. The highest BCUT2D eigenvalue weighted by atomic mass is 16.1. The lowest BCUT2D eigenvalue weighted by molar-refractivity contribution is -0.122. The minimum Gasteiger partial charge on any atom is -0.309 e. The van der Waals surface area contributed by atoms with Crippen molar-refractivity contribution in [3.63, 3.8) is 0 Å². The van der Waals surface area contributed by atoms with Crippen molar-refractivity contribution < 1.29 is 4.79 Å². The zero-order chi connectivity index (χ0) is 14.4. The lowest BCUT2D eigenvalue weighted by Crippen LogP contribution is -2.27. The van der Waals surface area contributed by atoms with Crippen LogP contribution in [0.2, 0.25) is 0 Å². The zero-order valence-corrected chi connectivity index (χ0v) is 12.8. The molecule has 0 amide bonds. The lowest BCUT2D eigenvalue weighted by Gasteiger charge is -2.30. The predicted octanol–water partition coefficient (Wildman–Crippen LogP) is 3.87. The molecule has 0 N–H and O–H groups in total. The first-order valence-corrected chi connectivity index (χ1v) is 7.91. The van der Waals surface area contributed by atoms with E-state index in [0.717, 1.165) is 6.54 Å². The second kappa shape index (κ2) is 7.58. The Morgan fingerprint density at radius 3 is 2.40 bits per heavy atom. The molecule has 0 aromatic heterocycles. The Balaban J connectivity index is 2.13. The molecule has 0 spiro atoms. The normalized spacial score (nSPS) is 18.1. The van der Waals surface area contributed by atoms with Gasteiger partial charge in [-0.05, 0) is 38.4 Å². The molecule has 1 fully saturated rings. The van der Waals surface area contributed by atoms with Gasteiger partial charge in [-0.1, -0.05) is 49.6 Å². The van der Waals surface area contributed by atoms with Crippen LogP contribution in [0.5, 0.6) is 0 Å². The number of ketones is 1. The van der Waals surface area contributed by atoms with Gasteiger partial charge < -0.3 is 4.90 Å². The van der Waals surface area contributed by atoms with Crippen molar-refractivity contribution in [3.05, 3.63) is 35.9 Å². The van der Waals surface area contributed by atoms with Gasteiger partial charge in [-0.2, -0.15) is 0 Å². The van der Waals surface area contributed by atoms with Gasteiger partial charge in [0.1, 0.15) is 5.78 Å². The minimum atomic E-state index is 0.122. The number of carbonyl (C=O) groups excluding carboxylic acids is 1. The Kier molecular flexibility index (Phi) is 5.78. The average molecular weight is 273 g/mol. The van der Waals surface area contributed by atoms with Crippen LogP contribution in [0.15, 0.2) is 30.3 Å². The van der Waals surface area contributed by atoms with Crippen molar-refractivity contribution in [1.82, 2.24) is 4.90 Å². The number of nitrogens with zero attached hydrogens (tertiary/aromatic N) is 1. The molecular formula is C18H27NO. The van der Waals surface area contributed by atoms with Gasteiger partial charge in [0.15, 0.2) is 0 Å². The third kappa shape index (κ3) is 4.17. The summed E-state index contributed by atoms with van der Waals surface area (Å²) in [7, 11) is 4.07. The first-order chi connectivity index (χ1) is 9.68. The molecule has 1 aromatic rings. The molecule has 0 saturated heterocycles. The molecule has 0 radical (unpaired) electrons. The Bertz CT molecular complexity index is 407. The molecule has 1 aromatic carbocycles. The number of Topliss-reactive ketones (excluding diaryl/α,β-unsaturated/α-hetero) is 1. The molecule has 2 nitrogen and oxygen atoms in total. The van der Waals surface area contributed by atoms with Crippen LogP contribution in [0.1, 0.15) is 50.0 Å². The van der Waals surface area contributed by atoms with Crippen molar-refractivity contribution >= 4 is 5.78 Å². The Morgan fingerprint density at radius 2 is 1.80 bits per heavy atom. The van der Waals surface area contributed by atoms with E-state index in [1.807, 2.05) is 20.2 Å². The molecule has 1 atom stereocenters. The van der Waals surface area contributed by atoms with E-state index in [9.17, 15) is 4.79 Å². The summed E-state index contributed by atoms with van der Waals surface area (Å²) >= 11 is 0. The third-order valence-corrected chi connectivity index (χ3v) is 4.43. The minimum absolute atomic E-state index is 0.122. The topological polar surface area (TPSA) is 20.3 Å². The maximum atomic E-state index is 12.7. The fraction of sp³-hybridized carbons (Fsp3) is 0.611. The smallest absolute Gasteiger partial charge is 0.141 e. The molecule has 1 unspecified atom stereocenters. The van der Waals surface area contributed by atoms with Crippen LogP contribution in [0.3, 0.4) is 0 Å². The van der Waals surface area contributed by atoms with Crippen LogP contribution in [0.4, 0.5) is 0 Å². The largest absolute Gasteiger partial charge is 0.309 e. The van der Waals surface area contributed by atoms with Crippen molar-refractivity contribution in [2.45, 2.75) is 44.4 Å². The van der Waals surface area contributed by atoms with Crippen LogP contribution in [0.25, 0.3) is 0 Å². The number of benzene rings is 1. The maximum Gasteiger partial charge on any atom is 0.141 e. The summed E-state index contributed by atoms with van der Waals surface area (Å²) in [6.07, 6.45) is 7.01. The second-order valence-corrected chi connectivity index (χ2v) is 6.31. The monoisotopic (exact) mass is 273 g/mol. The fourth-order valence-corrected chi connectivity index (χ4v) is 3.34. The summed E-state index contributed by atoms with van der Waals surface area (Å²) in [5, 5.41) is 0. The number of rotatable bonds is 6. The Labute approximate surface area is 123 Å². The molecule has 2 rings (SSSR count). The van der Waals surface area contributed by atoms with Gasteiger partial charge in [0.25, 0.3) is 0 Å². The van der Waals surface area contributed by atoms with E-state index in [0.29, 0.717) is 18.1 Å². The van der Waals surface area contributed by atoms with Crippen molar-refractivity contribution in [2.75, 3.05) is 20.6 Å². The zero-order valence-electron chi connectivity index (χ0n) is 12.8. The Morgan fingerprint density at radius 1 is 1.15 bits per heavy atom. The summed E-state index contributed by atoms with van der Waals surface area (Å²) in [6.45, 7) is 0.856. The van der Waals surface area contributed by atoms with Gasteiger partial charge in [-0.15, -0.1) is 0 Å². The molecule has 20 heavy (non-hydrogen) atoms. The third-order valence-electron chi connectivity index (χ3n) is 4.43. The fourth-order valence-electron chi connectivity index (χ4n) is 3.34. The first-order valence-electron chi connectivity index (χ1n) is 7.91. The number of hydrogen-bond acceptors (Lipinski definition) is 2. The van der Waals surface area contributed by atoms with E-state index in [-0.39, 0.29) is 5.92 Å². The van der Waals surface area contributed by atoms with Gasteiger partial charge in [0, 0.05) is 18.9 Å². The molecule has 0 heterocycles. The van der Waals surface area contributed by atoms with Gasteiger partial charge in [0.2, 0.25) is 0 Å². The molecule has 1 aliphatic rings. The van der Waals surface area contributed by atoms with Crippen molar-refractivity contribution in [3.8, 4) is 0 Å². The van der Waals surface area contributed by atoms with E-state index in [1.165, 1.54) is 37.7 Å². The van der Waals surface area contributed by atoms with Crippen molar-refractivity contribution in [2.24, 2.45) is 5.92 Å². The molecule has 1 saturated carbocycles. The second-order valence-electron chi connectivity index (χ2n) is 6.31. The van der Waals surface area contributed by atoms with Crippen LogP contribution >= 0.6 is 0 Å². The van der Waals surface area contributed by atoms with Gasteiger partial charge in [-0.25, -0.2) is 0 Å². The average Bonchev–Trinajstić information content (AvgIpc) is 2.48. The SMILES string of the molecule is CN(C)CCC(=O)C(c1ccccc1)C1CCCCC1. The maximum absolute atomic E-state index is 12.7. The quantitative estimate of drug-likeness (QED) is 0.784. The Hall–Kier alpha value is -1.15. The van der Waals surface area contributed by atoms with Crippen LogP contribution in [-0.4, -0.2) is 31.3 Å². The molecular weight excluding hydrogens is 246 g/mol. The van der Waals surface area contributed by atoms with Crippen LogP contribution in [-0.2, 0) is 4.79 Å². The summed E-state index contributed by atoms with van der Waals surface area (Å²) in [5.74, 6) is 1.11. The van der Waals surface area contributed by atoms with E-state index in [4.69, 9.17) is 0 Å². The summed E-state index contributed by atoms with van der Waals surface area (Å²) < 4.78 is 0. The number of carbonyl (C=O) groups is 1. The van der Waals surface area contributed by atoms with Crippen LogP contribution in [0, 0.1) is 5.92 Å². The molecule has 0 bridgehead atoms. The van der Waals surface area contributed by atoms with Gasteiger partial charge in [0.05, 0.1) is 0 Å². The first kappa shape index (κ1) is 15.2. The number of hydrogen-bond donors (Lipinski definition) is 0. The molecule has 1 aliphatic carbocycles. The summed E-state index contributed by atoms with van der Waals surface area (Å²) in [5.41, 5.74) is 1.23. The highest BCUT2D eigenvalue weighted by molar-refractivity contribution is 5.86. The highest BCUT2D eigenvalue weighted by Gasteiger charge is 2.30. The standard InChI is InChI=1S/C18H27NO/c1-19(2)14-13-17(20)18(15-9-5-3-6-10-15)16-11-7-4-8-12-16/h3,5-6,9-10,16,18H,4,7-8,11-14H2,1-2H3. The van der Waals surface area contributed by atoms with Gasteiger partial charge >= 0.3 is 0 Å². The highest BCUT2D eigenvalue weighted by Crippen LogP contribution is 2.37. The summed E-state index contributed by atoms with van der Waals surface area (Å²) in [4.78, 5) is 14.8. The van der Waals surface area contributed by atoms with Crippen molar-refractivity contribution in [1.29, 1.82) is 0 Å².